The lowest BCUT2D eigenvalue weighted by Gasteiger charge is -2.34. The predicted octanol–water partition coefficient (Wildman–Crippen LogP) is 4.04. The Hall–Kier alpha value is -0.835. The van der Waals surface area contributed by atoms with Crippen LogP contribution < -0.4 is 10.8 Å². The van der Waals surface area contributed by atoms with Crippen molar-refractivity contribution in [3.05, 3.63) is 29.8 Å². The first-order chi connectivity index (χ1) is 11.6. The fraction of sp³-hybridized carbons (Fsp3) is 0.714. The van der Waals surface area contributed by atoms with Gasteiger partial charge in [-0.1, -0.05) is 38.1 Å². The fourth-order valence-corrected chi connectivity index (χ4v) is 3.64. The minimum Gasteiger partial charge on any atom is -0.399 e. The lowest BCUT2D eigenvalue weighted by molar-refractivity contribution is 0.00578. The van der Waals surface area contributed by atoms with E-state index in [1.807, 2.05) is 0 Å². The first-order valence-electron chi connectivity index (χ1n) is 9.76. The Morgan fingerprint density at radius 1 is 0.920 bits per heavy atom. The molecule has 0 atom stereocenters. The van der Waals surface area contributed by atoms with Crippen molar-refractivity contribution >= 4 is 12.6 Å². The summed E-state index contributed by atoms with van der Waals surface area (Å²) in [6.45, 7) is 14.1. The molecule has 2 fully saturated rings. The number of benzene rings is 1. The highest BCUT2D eigenvalue weighted by molar-refractivity contribution is 6.62. The van der Waals surface area contributed by atoms with Crippen LogP contribution in [0.15, 0.2) is 24.3 Å². The molecule has 0 aromatic heterocycles. The van der Waals surface area contributed by atoms with Crippen molar-refractivity contribution in [2.45, 2.75) is 91.0 Å². The summed E-state index contributed by atoms with van der Waals surface area (Å²) in [5.74, 6) is 0. The quantitative estimate of drug-likeness (QED) is 0.837. The van der Waals surface area contributed by atoms with E-state index in [4.69, 9.17) is 9.31 Å². The monoisotopic (exact) mass is 343 g/mol. The summed E-state index contributed by atoms with van der Waals surface area (Å²) in [4.78, 5) is 0. The van der Waals surface area contributed by atoms with Crippen molar-refractivity contribution in [2.24, 2.45) is 5.41 Å². The van der Waals surface area contributed by atoms with E-state index in [9.17, 15) is 0 Å². The summed E-state index contributed by atoms with van der Waals surface area (Å²) >= 11 is 0. The Kier molecular flexibility index (Phi) is 5.09. The van der Waals surface area contributed by atoms with Crippen LogP contribution in [0.5, 0.6) is 0 Å². The van der Waals surface area contributed by atoms with Crippen molar-refractivity contribution in [1.82, 2.24) is 5.32 Å². The van der Waals surface area contributed by atoms with E-state index in [2.05, 4.69) is 71.1 Å². The molecular formula is C21H34BNO2. The summed E-state index contributed by atoms with van der Waals surface area (Å²) in [6, 6.07) is 9.34. The molecule has 1 aliphatic heterocycles. The molecule has 1 aromatic rings. The van der Waals surface area contributed by atoms with Crippen molar-refractivity contribution in [3.8, 4) is 0 Å². The van der Waals surface area contributed by atoms with Crippen LogP contribution in [0.4, 0.5) is 0 Å². The Labute approximate surface area is 154 Å². The van der Waals surface area contributed by atoms with Gasteiger partial charge in [-0.3, -0.25) is 0 Å². The standard InChI is InChI=1S/C21H34BNO2/c1-19(2)13-11-18(12-14-19)23-15-16-7-9-17(10-8-16)22-24-20(3,4)21(5,6)25-22/h7-10,18,23H,11-15H2,1-6H3. The molecule has 3 rings (SSSR count). The highest BCUT2D eigenvalue weighted by Gasteiger charge is 2.51. The van der Waals surface area contributed by atoms with Gasteiger partial charge in [0.1, 0.15) is 0 Å². The molecule has 1 saturated heterocycles. The largest absolute Gasteiger partial charge is 0.494 e. The summed E-state index contributed by atoms with van der Waals surface area (Å²) in [7, 11) is -0.271. The highest BCUT2D eigenvalue weighted by Crippen LogP contribution is 2.36. The molecule has 2 aliphatic rings. The minimum atomic E-state index is -0.285. The van der Waals surface area contributed by atoms with Crippen LogP contribution in [-0.4, -0.2) is 24.4 Å². The van der Waals surface area contributed by atoms with Crippen LogP contribution in [0.1, 0.15) is 72.8 Å². The second-order valence-corrected chi connectivity index (χ2v) is 9.65. The van der Waals surface area contributed by atoms with Gasteiger partial charge in [-0.25, -0.2) is 0 Å². The summed E-state index contributed by atoms with van der Waals surface area (Å²) in [6.07, 6.45) is 5.23. The molecule has 0 bridgehead atoms. The maximum atomic E-state index is 6.13. The average molecular weight is 343 g/mol. The van der Waals surface area contributed by atoms with E-state index in [0.717, 1.165) is 12.0 Å². The van der Waals surface area contributed by atoms with Gasteiger partial charge in [-0.2, -0.15) is 0 Å². The Morgan fingerprint density at radius 2 is 1.44 bits per heavy atom. The van der Waals surface area contributed by atoms with Gasteiger partial charge < -0.3 is 14.6 Å². The van der Waals surface area contributed by atoms with E-state index in [0.29, 0.717) is 11.5 Å². The molecule has 0 spiro atoms. The van der Waals surface area contributed by atoms with Crippen LogP contribution in [0.2, 0.25) is 0 Å². The molecule has 0 unspecified atom stereocenters. The van der Waals surface area contributed by atoms with Gasteiger partial charge in [0.25, 0.3) is 0 Å². The second kappa shape index (κ2) is 6.72. The first-order valence-corrected chi connectivity index (χ1v) is 9.76. The third kappa shape index (κ3) is 4.29. The molecule has 138 valence electrons. The van der Waals surface area contributed by atoms with Crippen LogP contribution in [-0.2, 0) is 15.9 Å². The molecule has 25 heavy (non-hydrogen) atoms. The van der Waals surface area contributed by atoms with Gasteiger partial charge in [-0.15, -0.1) is 0 Å². The lowest BCUT2D eigenvalue weighted by atomic mass is 9.75. The molecule has 1 saturated carbocycles. The zero-order valence-corrected chi connectivity index (χ0v) is 16.8. The molecule has 0 amide bonds. The van der Waals surface area contributed by atoms with Crippen molar-refractivity contribution in [3.63, 3.8) is 0 Å². The topological polar surface area (TPSA) is 30.5 Å². The van der Waals surface area contributed by atoms with E-state index in [1.54, 1.807) is 0 Å². The second-order valence-electron chi connectivity index (χ2n) is 9.65. The van der Waals surface area contributed by atoms with Crippen LogP contribution in [0.3, 0.4) is 0 Å². The van der Waals surface area contributed by atoms with E-state index in [-0.39, 0.29) is 18.3 Å². The number of nitrogens with one attached hydrogen (secondary N) is 1. The molecular weight excluding hydrogens is 309 g/mol. The smallest absolute Gasteiger partial charge is 0.399 e. The molecule has 0 radical (unpaired) electrons. The Morgan fingerprint density at radius 3 is 1.96 bits per heavy atom. The third-order valence-electron chi connectivity index (χ3n) is 6.44. The maximum absolute atomic E-state index is 6.13. The van der Waals surface area contributed by atoms with Crippen LogP contribution >= 0.6 is 0 Å². The Balaban J connectivity index is 1.53. The van der Waals surface area contributed by atoms with E-state index in [1.165, 1.54) is 31.2 Å². The molecule has 1 aromatic carbocycles. The van der Waals surface area contributed by atoms with Crippen molar-refractivity contribution in [1.29, 1.82) is 0 Å². The number of hydrogen-bond acceptors (Lipinski definition) is 3. The first kappa shape index (κ1) is 18.9. The third-order valence-corrected chi connectivity index (χ3v) is 6.44. The molecule has 3 nitrogen and oxygen atoms in total. The SMILES string of the molecule is CC1(C)CCC(NCc2ccc(B3OC(C)(C)C(C)(C)O3)cc2)CC1. The van der Waals surface area contributed by atoms with Gasteiger partial charge in [0.15, 0.2) is 0 Å². The summed E-state index contributed by atoms with van der Waals surface area (Å²) in [5.41, 5.74) is 2.38. The summed E-state index contributed by atoms with van der Waals surface area (Å²) < 4.78 is 12.3. The fourth-order valence-electron chi connectivity index (χ4n) is 3.64. The van der Waals surface area contributed by atoms with E-state index < -0.39 is 0 Å². The molecule has 1 N–H and O–H groups in total. The molecule has 1 aliphatic carbocycles. The van der Waals surface area contributed by atoms with Crippen LogP contribution in [0, 0.1) is 5.41 Å². The summed E-state index contributed by atoms with van der Waals surface area (Å²) in [5, 5.41) is 3.73. The normalized spacial score (nSPS) is 25.3. The Bertz CT molecular complexity index is 568. The molecule has 1 heterocycles. The number of rotatable bonds is 4. The van der Waals surface area contributed by atoms with Gasteiger partial charge in [0.05, 0.1) is 11.2 Å². The maximum Gasteiger partial charge on any atom is 0.494 e. The van der Waals surface area contributed by atoms with Crippen LogP contribution in [0.25, 0.3) is 0 Å². The lowest BCUT2D eigenvalue weighted by Crippen LogP contribution is -2.41. The van der Waals surface area contributed by atoms with Crippen molar-refractivity contribution in [2.75, 3.05) is 0 Å². The highest BCUT2D eigenvalue weighted by atomic mass is 16.7. The zero-order chi connectivity index (χ0) is 18.3. The molecule has 4 heteroatoms. The zero-order valence-electron chi connectivity index (χ0n) is 16.8. The van der Waals surface area contributed by atoms with E-state index >= 15 is 0 Å². The van der Waals surface area contributed by atoms with Gasteiger partial charge in [0, 0.05) is 12.6 Å². The van der Waals surface area contributed by atoms with Gasteiger partial charge in [0.2, 0.25) is 0 Å². The van der Waals surface area contributed by atoms with Crippen molar-refractivity contribution < 1.29 is 9.31 Å². The minimum absolute atomic E-state index is 0.271. The predicted molar refractivity (Wildman–Crippen MR) is 105 cm³/mol. The number of hydrogen-bond donors (Lipinski definition) is 1. The average Bonchev–Trinajstić information content (AvgIpc) is 2.75. The van der Waals surface area contributed by atoms with Gasteiger partial charge >= 0.3 is 7.12 Å². The van der Waals surface area contributed by atoms with Gasteiger partial charge in [-0.05, 0) is 69.8 Å².